The minimum Gasteiger partial charge on any atom is -0.372 e. The van der Waals surface area contributed by atoms with E-state index in [1.807, 2.05) is 12.1 Å². The maximum atomic E-state index is 16.0. The first kappa shape index (κ1) is 42.7. The van der Waals surface area contributed by atoms with Crippen LogP contribution < -0.4 is 25.6 Å². The predicted molar refractivity (Wildman–Crippen MR) is 235 cm³/mol. The number of nitrogens with one attached hydrogen (secondary N) is 4. The van der Waals surface area contributed by atoms with E-state index in [0.717, 1.165) is 69.1 Å². The number of imide groups is 1. The lowest BCUT2D eigenvalue weighted by Gasteiger charge is -2.60. The molecule has 2 aromatic heterocycles. The summed E-state index contributed by atoms with van der Waals surface area (Å²) in [6.45, 7) is 13.1. The van der Waals surface area contributed by atoms with Crippen LogP contribution in [-0.4, -0.2) is 96.6 Å². The van der Waals surface area contributed by atoms with E-state index < -0.39 is 27.8 Å². The Kier molecular flexibility index (Phi) is 11.9. The third kappa shape index (κ3) is 9.58. The normalized spacial score (nSPS) is 19.9. The molecule has 2 aromatic carbocycles. The lowest BCUT2D eigenvalue weighted by atomic mass is 9.60. The smallest absolute Gasteiger partial charge is 0.251 e. The van der Waals surface area contributed by atoms with Gasteiger partial charge >= 0.3 is 0 Å². The molecule has 1 saturated carbocycles. The Labute approximate surface area is 360 Å². The number of nitrogens with zero attached hydrogens (tertiary/aromatic N) is 5. The van der Waals surface area contributed by atoms with Crippen LogP contribution in [0.25, 0.3) is 21.8 Å². The van der Waals surface area contributed by atoms with Gasteiger partial charge in [-0.05, 0) is 92.3 Å². The zero-order valence-corrected chi connectivity index (χ0v) is 36.7. The lowest BCUT2D eigenvalue weighted by molar-refractivity contribution is -0.134. The maximum absolute atomic E-state index is 16.0. The molecule has 1 atom stereocenters. The Hall–Kier alpha value is -5.00. The molecule has 0 bridgehead atoms. The lowest BCUT2D eigenvalue weighted by Crippen LogP contribution is -2.65. The topological polar surface area (TPSA) is 179 Å². The van der Waals surface area contributed by atoms with Gasteiger partial charge in [0, 0.05) is 73.6 Å². The van der Waals surface area contributed by atoms with E-state index in [1.54, 1.807) is 43.5 Å². The second-order valence-corrected chi connectivity index (χ2v) is 21.0. The van der Waals surface area contributed by atoms with Gasteiger partial charge in [-0.15, -0.1) is 11.3 Å². The van der Waals surface area contributed by atoms with E-state index in [1.165, 1.54) is 17.4 Å². The van der Waals surface area contributed by atoms with E-state index in [2.05, 4.69) is 56.2 Å². The summed E-state index contributed by atoms with van der Waals surface area (Å²) in [5, 5.41) is 9.38. The van der Waals surface area contributed by atoms with Gasteiger partial charge < -0.3 is 20.4 Å². The van der Waals surface area contributed by atoms with Crippen molar-refractivity contribution in [1.29, 1.82) is 0 Å². The number of aromatic nitrogens is 3. The van der Waals surface area contributed by atoms with Crippen LogP contribution in [0, 0.1) is 17.2 Å². The fourth-order valence-electron chi connectivity index (χ4n) is 9.03. The highest BCUT2D eigenvalue weighted by Gasteiger charge is 2.52. The van der Waals surface area contributed by atoms with Gasteiger partial charge in [0.25, 0.3) is 5.91 Å². The van der Waals surface area contributed by atoms with E-state index in [0.29, 0.717) is 52.0 Å². The third-order valence-electron chi connectivity index (χ3n) is 12.1. The molecule has 3 amide bonds. The van der Waals surface area contributed by atoms with Gasteiger partial charge in [0.1, 0.15) is 6.04 Å². The zero-order valence-electron chi connectivity index (χ0n) is 35.1. The number of carbonyl (C=O) groups excluding carboxylic acids is 3. The number of hydrogen-bond donors (Lipinski definition) is 4. The summed E-state index contributed by atoms with van der Waals surface area (Å²) < 4.78 is 43.5. The second-order valence-electron chi connectivity index (χ2n) is 18.2. The first-order valence-electron chi connectivity index (χ1n) is 21.2. The maximum Gasteiger partial charge on any atom is 0.251 e. The monoisotopic (exact) mass is 871 g/mol. The molecule has 1 aliphatic carbocycles. The van der Waals surface area contributed by atoms with Crippen LogP contribution in [0.1, 0.15) is 88.0 Å². The van der Waals surface area contributed by atoms with Gasteiger partial charge in [-0.3, -0.25) is 24.4 Å². The fraction of sp³-hybridized carbons (Fsp3) is 0.500. The van der Waals surface area contributed by atoms with Crippen LogP contribution >= 0.6 is 11.3 Å². The fourth-order valence-corrected chi connectivity index (χ4v) is 11.3. The SMILES string of the molecule is CCCS(=O)(=O)Nc1cccc(-c2nc(C(C)(C)C)sc2-c2ccnc(NC3CC4(C3)CN(CC3CCN(c5ccc(C(=O)N[C@@H]6CCC(=O)NC6=O)cc5)CC3)C4)n2)c1F. The summed E-state index contributed by atoms with van der Waals surface area (Å²) in [5.41, 5.74) is 2.71. The van der Waals surface area contributed by atoms with E-state index in [-0.39, 0.29) is 46.7 Å². The molecule has 0 unspecified atom stereocenters. The van der Waals surface area contributed by atoms with Crippen molar-refractivity contribution in [2.24, 2.45) is 11.3 Å². The Morgan fingerprint density at radius 1 is 1.02 bits per heavy atom. The molecule has 61 heavy (non-hydrogen) atoms. The summed E-state index contributed by atoms with van der Waals surface area (Å²) in [5.74, 6) is -0.726. The number of halogens is 1. The van der Waals surface area contributed by atoms with E-state index >= 15 is 4.39 Å². The quantitative estimate of drug-likeness (QED) is 0.113. The van der Waals surface area contributed by atoms with Crippen LogP contribution in [0.2, 0.25) is 0 Å². The molecule has 1 spiro atoms. The number of carbonyl (C=O) groups is 3. The molecule has 8 rings (SSSR count). The molecule has 4 aromatic rings. The largest absolute Gasteiger partial charge is 0.372 e. The molecule has 3 saturated heterocycles. The number of sulfonamides is 1. The Balaban J connectivity index is 0.822. The van der Waals surface area contributed by atoms with Crippen molar-refractivity contribution in [2.75, 3.05) is 53.4 Å². The Bertz CT molecular complexity index is 2400. The van der Waals surface area contributed by atoms with Crippen molar-refractivity contribution in [2.45, 2.75) is 90.1 Å². The van der Waals surface area contributed by atoms with Crippen LogP contribution in [0.5, 0.6) is 0 Å². The minimum atomic E-state index is -3.70. The van der Waals surface area contributed by atoms with Crippen molar-refractivity contribution < 1.29 is 27.2 Å². The zero-order chi connectivity index (χ0) is 43.1. The average Bonchev–Trinajstić information content (AvgIpc) is 3.65. The summed E-state index contributed by atoms with van der Waals surface area (Å²) in [6, 6.07) is 13.6. The molecular weight excluding hydrogens is 818 g/mol. The first-order chi connectivity index (χ1) is 29.1. The molecule has 5 heterocycles. The van der Waals surface area contributed by atoms with Crippen molar-refractivity contribution >= 4 is 56.4 Å². The number of rotatable bonds is 13. The molecular formula is C44H54FN9O5S2. The molecule has 4 fully saturated rings. The predicted octanol–water partition coefficient (Wildman–Crippen LogP) is 6.18. The van der Waals surface area contributed by atoms with Gasteiger partial charge in [-0.25, -0.2) is 27.8 Å². The standard InChI is InChI=1S/C44H54FN9O5S2/c1-5-21-61(58,59)52-32-8-6-7-31(36(32)45)37-38(60-41(51-37)43(2,3)4)33-15-18-46-42(49-33)47-29-22-44(23-29)25-53(26-44)24-27-16-19-54(20-17-27)30-11-9-28(10-12-30)39(56)48-34-13-14-35(55)50-40(34)57/h6-12,15,18,27,29,34,52H,5,13-14,16-17,19-26H2,1-4H3,(H,48,56)(H,46,47,49)(H,50,55,57)/t34-/m1/s1. The van der Waals surface area contributed by atoms with Gasteiger partial charge in [-0.1, -0.05) is 33.8 Å². The number of benzene rings is 2. The van der Waals surface area contributed by atoms with Crippen LogP contribution in [0.4, 0.5) is 21.7 Å². The van der Waals surface area contributed by atoms with Crippen LogP contribution in [-0.2, 0) is 25.0 Å². The summed E-state index contributed by atoms with van der Waals surface area (Å²) in [6.07, 6.45) is 6.94. The number of thiazole rings is 1. The van der Waals surface area contributed by atoms with Gasteiger partial charge in [-0.2, -0.15) is 0 Å². The van der Waals surface area contributed by atoms with Crippen molar-refractivity contribution in [1.82, 2.24) is 30.5 Å². The number of anilines is 3. The van der Waals surface area contributed by atoms with Crippen molar-refractivity contribution in [3.05, 3.63) is 71.1 Å². The molecule has 14 nitrogen and oxygen atoms in total. The molecule has 4 N–H and O–H groups in total. The first-order valence-corrected chi connectivity index (χ1v) is 23.7. The Morgan fingerprint density at radius 3 is 2.44 bits per heavy atom. The van der Waals surface area contributed by atoms with Crippen molar-refractivity contribution in [3.63, 3.8) is 0 Å². The van der Waals surface area contributed by atoms with Crippen LogP contribution in [0.15, 0.2) is 54.7 Å². The second kappa shape index (κ2) is 17.0. The number of likely N-dealkylation sites (tertiary alicyclic amines) is 1. The van der Waals surface area contributed by atoms with Gasteiger partial charge in [0.2, 0.25) is 27.8 Å². The molecule has 17 heteroatoms. The van der Waals surface area contributed by atoms with Gasteiger partial charge in [0.05, 0.1) is 32.7 Å². The summed E-state index contributed by atoms with van der Waals surface area (Å²) in [4.78, 5) is 56.2. The highest BCUT2D eigenvalue weighted by molar-refractivity contribution is 7.92. The highest BCUT2D eigenvalue weighted by atomic mass is 32.2. The van der Waals surface area contributed by atoms with E-state index in [9.17, 15) is 22.8 Å². The molecule has 0 radical (unpaired) electrons. The van der Waals surface area contributed by atoms with Crippen LogP contribution in [0.3, 0.4) is 0 Å². The summed E-state index contributed by atoms with van der Waals surface area (Å²) in [7, 11) is -3.70. The average molecular weight is 872 g/mol. The Morgan fingerprint density at radius 2 is 1.75 bits per heavy atom. The number of piperidine rings is 2. The van der Waals surface area contributed by atoms with Gasteiger partial charge in [0.15, 0.2) is 5.82 Å². The molecule has 324 valence electrons. The highest BCUT2D eigenvalue weighted by Crippen LogP contribution is 2.50. The summed E-state index contributed by atoms with van der Waals surface area (Å²) >= 11 is 1.46. The number of amides is 3. The molecule has 3 aliphatic heterocycles. The third-order valence-corrected chi connectivity index (χ3v) is 15.1. The van der Waals surface area contributed by atoms with E-state index in [4.69, 9.17) is 9.97 Å². The minimum absolute atomic E-state index is 0.104. The van der Waals surface area contributed by atoms with Crippen molar-refractivity contribution in [3.8, 4) is 21.8 Å². The molecule has 4 aliphatic rings. The number of hydrogen-bond acceptors (Lipinski definition) is 12.